The average molecular weight is 322 g/mol. The Hall–Kier alpha value is -1.84. The van der Waals surface area contributed by atoms with Gasteiger partial charge in [-0.2, -0.15) is 0 Å². The van der Waals surface area contributed by atoms with Crippen molar-refractivity contribution < 1.29 is 23.1 Å². The molecule has 1 rings (SSSR count). The van der Waals surface area contributed by atoms with Crippen LogP contribution in [0.25, 0.3) is 0 Å². The number of hydrogen-bond donors (Lipinski definition) is 4. The lowest BCUT2D eigenvalue weighted by Gasteiger charge is -2.09. The van der Waals surface area contributed by atoms with Crippen molar-refractivity contribution in [3.8, 4) is 0 Å². The minimum absolute atomic E-state index is 0.0163. The molecule has 0 radical (unpaired) electrons. The molecule has 0 saturated carbocycles. The maximum Gasteiger partial charge on any atom is 0.321 e. The van der Waals surface area contributed by atoms with Gasteiger partial charge < -0.3 is 16.6 Å². The number of nitrogens with one attached hydrogen (secondary N) is 1. The summed E-state index contributed by atoms with van der Waals surface area (Å²) in [5.41, 5.74) is 10.7. The van der Waals surface area contributed by atoms with Crippen LogP contribution in [0.1, 0.15) is 6.42 Å². The van der Waals surface area contributed by atoms with E-state index in [2.05, 4.69) is 0 Å². The molecule has 6 N–H and O–H groups in total. The Morgan fingerprint density at radius 3 is 2.50 bits per heavy atom. The number of carbonyl (C=O) groups excluding carboxylic acids is 1. The van der Waals surface area contributed by atoms with Crippen molar-refractivity contribution in [2.45, 2.75) is 17.4 Å². The van der Waals surface area contributed by atoms with Crippen LogP contribution in [-0.2, 0) is 19.6 Å². The number of amides is 1. The van der Waals surface area contributed by atoms with E-state index in [9.17, 15) is 18.0 Å². The zero-order chi connectivity index (χ0) is 15.5. The number of carbonyl (C=O) groups is 2. The Labute approximate surface area is 119 Å². The SMILES string of the molecule is Nc1ccc(S(=O)(=O)NC(=O)C[C@H](N)C(=O)O)cc1Cl. The van der Waals surface area contributed by atoms with Gasteiger partial charge in [0.15, 0.2) is 0 Å². The quantitative estimate of drug-likeness (QED) is 0.535. The van der Waals surface area contributed by atoms with E-state index in [1.54, 1.807) is 4.72 Å². The summed E-state index contributed by atoms with van der Waals surface area (Å²) in [5, 5.41) is 8.54. The summed E-state index contributed by atoms with van der Waals surface area (Å²) in [7, 11) is -4.16. The molecule has 0 unspecified atom stereocenters. The van der Waals surface area contributed by atoms with E-state index >= 15 is 0 Å². The Morgan fingerprint density at radius 2 is 2.00 bits per heavy atom. The third-order valence-corrected chi connectivity index (χ3v) is 3.95. The van der Waals surface area contributed by atoms with Crippen molar-refractivity contribution in [2.24, 2.45) is 5.73 Å². The Bertz CT molecular complexity index is 646. The van der Waals surface area contributed by atoms with Gasteiger partial charge in [0, 0.05) is 0 Å². The average Bonchev–Trinajstić information content (AvgIpc) is 2.31. The summed E-state index contributed by atoms with van der Waals surface area (Å²) in [5.74, 6) is -2.44. The molecule has 8 nitrogen and oxygen atoms in total. The van der Waals surface area contributed by atoms with Crippen molar-refractivity contribution in [2.75, 3.05) is 5.73 Å². The highest BCUT2D eigenvalue weighted by Crippen LogP contribution is 2.22. The smallest absolute Gasteiger partial charge is 0.321 e. The first-order valence-corrected chi connectivity index (χ1v) is 7.08. The molecule has 20 heavy (non-hydrogen) atoms. The molecule has 0 heterocycles. The molecule has 0 aromatic heterocycles. The van der Waals surface area contributed by atoms with Crippen LogP contribution in [0.2, 0.25) is 5.02 Å². The van der Waals surface area contributed by atoms with Gasteiger partial charge in [0.2, 0.25) is 5.91 Å². The molecular formula is C10H12ClN3O5S. The lowest BCUT2D eigenvalue weighted by Crippen LogP contribution is -2.39. The summed E-state index contributed by atoms with van der Waals surface area (Å²) in [6, 6.07) is 2.02. The van der Waals surface area contributed by atoms with Crippen LogP contribution in [0.5, 0.6) is 0 Å². The summed E-state index contributed by atoms with van der Waals surface area (Å²) in [6.45, 7) is 0. The largest absolute Gasteiger partial charge is 0.480 e. The Morgan fingerprint density at radius 1 is 1.40 bits per heavy atom. The fourth-order valence-electron chi connectivity index (χ4n) is 1.21. The molecule has 10 heteroatoms. The number of carboxylic acid groups (broad SMARTS) is 1. The highest BCUT2D eigenvalue weighted by molar-refractivity contribution is 7.90. The molecule has 0 aliphatic heterocycles. The van der Waals surface area contributed by atoms with Crippen molar-refractivity contribution >= 4 is 39.2 Å². The van der Waals surface area contributed by atoms with E-state index in [0.717, 1.165) is 12.1 Å². The molecule has 0 aliphatic carbocycles. The Kier molecular flexibility index (Phi) is 4.93. The van der Waals surface area contributed by atoms with Gasteiger partial charge in [-0.05, 0) is 18.2 Å². The topological polar surface area (TPSA) is 153 Å². The minimum Gasteiger partial charge on any atom is -0.480 e. The molecule has 1 amide bonds. The van der Waals surface area contributed by atoms with Crippen LogP contribution in [0.4, 0.5) is 5.69 Å². The van der Waals surface area contributed by atoms with Gasteiger partial charge in [-0.3, -0.25) is 9.59 Å². The molecule has 0 saturated heterocycles. The second-order valence-corrected chi connectivity index (χ2v) is 5.95. The molecule has 1 aromatic rings. The molecule has 1 aromatic carbocycles. The number of halogens is 1. The predicted octanol–water partition coefficient (Wildman–Crippen LogP) is -0.471. The van der Waals surface area contributed by atoms with Crippen LogP contribution >= 0.6 is 11.6 Å². The lowest BCUT2D eigenvalue weighted by atomic mass is 10.2. The lowest BCUT2D eigenvalue weighted by molar-refractivity contribution is -0.140. The van der Waals surface area contributed by atoms with Crippen LogP contribution < -0.4 is 16.2 Å². The van der Waals surface area contributed by atoms with Gasteiger partial charge in [0.25, 0.3) is 10.0 Å². The first-order chi connectivity index (χ1) is 9.13. The van der Waals surface area contributed by atoms with Gasteiger partial charge in [0.1, 0.15) is 6.04 Å². The number of hydrogen-bond acceptors (Lipinski definition) is 6. The number of sulfonamides is 1. The molecule has 0 fully saturated rings. The standard InChI is InChI=1S/C10H12ClN3O5S/c11-6-3-5(1-2-7(6)12)20(18,19)14-9(15)4-8(13)10(16)17/h1-3,8H,4,12-13H2,(H,14,15)(H,16,17)/t8-/m0/s1. The van der Waals surface area contributed by atoms with Crippen molar-refractivity contribution in [1.29, 1.82) is 0 Å². The molecule has 1 atom stereocenters. The number of nitrogen functional groups attached to an aromatic ring is 1. The summed E-state index contributed by atoms with van der Waals surface area (Å²) in [4.78, 5) is 21.6. The van der Waals surface area contributed by atoms with Crippen LogP contribution in [-0.4, -0.2) is 31.4 Å². The van der Waals surface area contributed by atoms with E-state index in [1.165, 1.54) is 6.07 Å². The van der Waals surface area contributed by atoms with Crippen LogP contribution in [0.3, 0.4) is 0 Å². The third-order valence-electron chi connectivity index (χ3n) is 2.25. The fourth-order valence-corrected chi connectivity index (χ4v) is 2.48. The molecule has 0 bridgehead atoms. The van der Waals surface area contributed by atoms with Gasteiger partial charge in [0.05, 0.1) is 22.0 Å². The number of anilines is 1. The number of nitrogens with two attached hydrogens (primary N) is 2. The summed E-state index contributed by atoms with van der Waals surface area (Å²) in [6.07, 6.45) is -0.669. The van der Waals surface area contributed by atoms with Gasteiger partial charge in [-0.1, -0.05) is 11.6 Å². The Balaban J connectivity index is 2.87. The van der Waals surface area contributed by atoms with Gasteiger partial charge >= 0.3 is 5.97 Å². The summed E-state index contributed by atoms with van der Waals surface area (Å²) < 4.78 is 25.4. The van der Waals surface area contributed by atoms with Crippen LogP contribution in [0.15, 0.2) is 23.1 Å². The third kappa shape index (κ3) is 4.08. The fraction of sp³-hybridized carbons (Fsp3) is 0.200. The second kappa shape index (κ2) is 6.07. The molecule has 110 valence electrons. The minimum atomic E-state index is -4.16. The normalized spacial score (nSPS) is 12.7. The zero-order valence-electron chi connectivity index (χ0n) is 10.0. The van der Waals surface area contributed by atoms with Crippen LogP contribution in [0, 0.1) is 0 Å². The first kappa shape index (κ1) is 16.2. The maximum atomic E-state index is 11.8. The van der Waals surface area contributed by atoms with E-state index in [1.807, 2.05) is 0 Å². The van der Waals surface area contributed by atoms with Gasteiger partial charge in [-0.25, -0.2) is 13.1 Å². The molecular weight excluding hydrogens is 310 g/mol. The monoisotopic (exact) mass is 321 g/mol. The van der Waals surface area contributed by atoms with E-state index < -0.39 is 34.4 Å². The number of rotatable bonds is 5. The maximum absolute atomic E-state index is 11.8. The van der Waals surface area contributed by atoms with Gasteiger partial charge in [-0.15, -0.1) is 0 Å². The first-order valence-electron chi connectivity index (χ1n) is 5.22. The van der Waals surface area contributed by atoms with Crippen molar-refractivity contribution in [1.82, 2.24) is 4.72 Å². The highest BCUT2D eigenvalue weighted by atomic mass is 35.5. The van der Waals surface area contributed by atoms with E-state index in [-0.39, 0.29) is 15.6 Å². The summed E-state index contributed by atoms with van der Waals surface area (Å²) >= 11 is 5.68. The predicted molar refractivity (Wildman–Crippen MR) is 71.4 cm³/mol. The second-order valence-electron chi connectivity index (χ2n) is 3.86. The van der Waals surface area contributed by atoms with E-state index in [0.29, 0.717) is 0 Å². The van der Waals surface area contributed by atoms with Crippen molar-refractivity contribution in [3.05, 3.63) is 23.2 Å². The molecule has 0 aliphatic rings. The number of benzene rings is 1. The number of carboxylic acids is 1. The van der Waals surface area contributed by atoms with E-state index in [4.69, 9.17) is 28.2 Å². The van der Waals surface area contributed by atoms with Crippen molar-refractivity contribution in [3.63, 3.8) is 0 Å². The number of aliphatic carboxylic acids is 1. The molecule has 0 spiro atoms. The highest BCUT2D eigenvalue weighted by Gasteiger charge is 2.22. The zero-order valence-corrected chi connectivity index (χ0v) is 11.6.